The SMILES string of the molecule is O=C1CCCN1c1ccc(B(O)O)c(F)c1. The van der Waals surface area contributed by atoms with Crippen LogP contribution in [0.2, 0.25) is 0 Å². The van der Waals surface area contributed by atoms with E-state index < -0.39 is 12.9 Å². The summed E-state index contributed by atoms with van der Waals surface area (Å²) >= 11 is 0. The van der Waals surface area contributed by atoms with Gasteiger partial charge in [-0.3, -0.25) is 4.79 Å². The molecule has 1 aromatic carbocycles. The average Bonchev–Trinajstić information content (AvgIpc) is 2.63. The van der Waals surface area contributed by atoms with Crippen molar-refractivity contribution in [3.05, 3.63) is 24.0 Å². The zero-order valence-corrected chi connectivity index (χ0v) is 8.56. The van der Waals surface area contributed by atoms with Gasteiger partial charge in [-0.2, -0.15) is 0 Å². The molecule has 0 bridgehead atoms. The molecule has 0 aromatic heterocycles. The first-order valence-electron chi connectivity index (χ1n) is 5.05. The summed E-state index contributed by atoms with van der Waals surface area (Å²) < 4.78 is 13.4. The van der Waals surface area contributed by atoms with E-state index in [0.29, 0.717) is 18.7 Å². The molecule has 2 N–H and O–H groups in total. The summed E-state index contributed by atoms with van der Waals surface area (Å²) in [7, 11) is -1.83. The Bertz CT molecular complexity index is 425. The van der Waals surface area contributed by atoms with E-state index in [1.807, 2.05) is 0 Å². The molecule has 84 valence electrons. The zero-order valence-electron chi connectivity index (χ0n) is 8.56. The highest BCUT2D eigenvalue weighted by Crippen LogP contribution is 2.21. The lowest BCUT2D eigenvalue weighted by atomic mass is 9.80. The van der Waals surface area contributed by atoms with Gasteiger partial charge in [0.25, 0.3) is 0 Å². The Morgan fingerprint density at radius 1 is 1.38 bits per heavy atom. The Morgan fingerprint density at radius 2 is 2.12 bits per heavy atom. The maximum absolute atomic E-state index is 13.4. The van der Waals surface area contributed by atoms with Gasteiger partial charge in [-0.15, -0.1) is 0 Å². The van der Waals surface area contributed by atoms with Gasteiger partial charge in [-0.05, 0) is 18.6 Å². The van der Waals surface area contributed by atoms with Crippen LogP contribution in [0.1, 0.15) is 12.8 Å². The zero-order chi connectivity index (χ0) is 11.7. The second-order valence-corrected chi connectivity index (χ2v) is 3.73. The lowest BCUT2D eigenvalue weighted by molar-refractivity contribution is -0.117. The molecule has 0 saturated carbocycles. The number of carbonyl (C=O) groups is 1. The van der Waals surface area contributed by atoms with Crippen molar-refractivity contribution >= 4 is 24.2 Å². The van der Waals surface area contributed by atoms with E-state index in [1.54, 1.807) is 0 Å². The first kappa shape index (κ1) is 11.1. The fraction of sp³-hybridized carbons (Fsp3) is 0.300. The molecule has 0 aliphatic carbocycles. The molecule has 0 spiro atoms. The molecule has 6 heteroatoms. The highest BCUT2D eigenvalue weighted by molar-refractivity contribution is 6.58. The second-order valence-electron chi connectivity index (χ2n) is 3.73. The van der Waals surface area contributed by atoms with Crippen LogP contribution in [0.5, 0.6) is 0 Å². The quantitative estimate of drug-likeness (QED) is 0.672. The molecule has 0 atom stereocenters. The maximum atomic E-state index is 13.4. The molecule has 1 amide bonds. The van der Waals surface area contributed by atoms with E-state index in [9.17, 15) is 9.18 Å². The molecule has 1 aliphatic rings. The summed E-state index contributed by atoms with van der Waals surface area (Å²) in [6.07, 6.45) is 1.25. The van der Waals surface area contributed by atoms with E-state index in [0.717, 1.165) is 12.5 Å². The van der Waals surface area contributed by atoms with Crippen molar-refractivity contribution < 1.29 is 19.2 Å². The predicted octanol–water partition coefficient (Wildman–Crippen LogP) is -0.368. The highest BCUT2D eigenvalue weighted by Gasteiger charge is 2.24. The van der Waals surface area contributed by atoms with Crippen LogP contribution in [0.3, 0.4) is 0 Å². The minimum absolute atomic E-state index is 0.0308. The molecule has 0 unspecified atom stereocenters. The van der Waals surface area contributed by atoms with Crippen LogP contribution in [0.25, 0.3) is 0 Å². The molecule has 1 saturated heterocycles. The van der Waals surface area contributed by atoms with Crippen LogP contribution in [-0.4, -0.2) is 29.6 Å². The second kappa shape index (κ2) is 4.23. The number of rotatable bonds is 2. The topological polar surface area (TPSA) is 60.8 Å². The summed E-state index contributed by atoms with van der Waals surface area (Å²) in [5, 5.41) is 17.7. The molecule has 16 heavy (non-hydrogen) atoms. The van der Waals surface area contributed by atoms with Crippen LogP contribution in [0.15, 0.2) is 18.2 Å². The summed E-state index contributed by atoms with van der Waals surface area (Å²) in [5.41, 5.74) is 0.278. The van der Waals surface area contributed by atoms with E-state index in [2.05, 4.69) is 0 Å². The van der Waals surface area contributed by atoms with Gasteiger partial charge < -0.3 is 14.9 Å². The van der Waals surface area contributed by atoms with Gasteiger partial charge in [-0.25, -0.2) is 4.39 Å². The smallest absolute Gasteiger partial charge is 0.423 e. The number of benzene rings is 1. The number of halogens is 1. The van der Waals surface area contributed by atoms with Crippen molar-refractivity contribution in [3.8, 4) is 0 Å². The molecule has 1 fully saturated rings. The fourth-order valence-electron chi connectivity index (χ4n) is 1.81. The van der Waals surface area contributed by atoms with Crippen molar-refractivity contribution in [2.75, 3.05) is 11.4 Å². The maximum Gasteiger partial charge on any atom is 0.491 e. The number of anilines is 1. The Morgan fingerprint density at radius 3 is 2.62 bits per heavy atom. The third-order valence-electron chi connectivity index (χ3n) is 2.65. The van der Waals surface area contributed by atoms with E-state index >= 15 is 0 Å². The minimum atomic E-state index is -1.83. The fourth-order valence-corrected chi connectivity index (χ4v) is 1.81. The highest BCUT2D eigenvalue weighted by atomic mass is 19.1. The van der Waals surface area contributed by atoms with Crippen molar-refractivity contribution in [1.82, 2.24) is 0 Å². The number of hydrogen-bond acceptors (Lipinski definition) is 3. The normalized spacial score (nSPS) is 15.7. The molecular formula is C10H11BFNO3. The molecule has 1 aliphatic heterocycles. The van der Waals surface area contributed by atoms with Gasteiger partial charge >= 0.3 is 7.12 Å². The third kappa shape index (κ3) is 1.94. The molecule has 1 aromatic rings. The lowest BCUT2D eigenvalue weighted by Crippen LogP contribution is -2.33. The largest absolute Gasteiger partial charge is 0.491 e. The average molecular weight is 223 g/mol. The van der Waals surface area contributed by atoms with Crippen molar-refractivity contribution in [3.63, 3.8) is 0 Å². The van der Waals surface area contributed by atoms with Crippen LogP contribution >= 0.6 is 0 Å². The Labute approximate surface area is 92.5 Å². The molecule has 2 rings (SSSR count). The number of nitrogens with zero attached hydrogens (tertiary/aromatic N) is 1. The first-order chi connectivity index (χ1) is 7.59. The van der Waals surface area contributed by atoms with Gasteiger partial charge in [0.05, 0.1) is 0 Å². The minimum Gasteiger partial charge on any atom is -0.423 e. The number of hydrogen-bond donors (Lipinski definition) is 2. The molecule has 0 radical (unpaired) electrons. The summed E-state index contributed by atoms with van der Waals surface area (Å²) in [4.78, 5) is 12.9. The van der Waals surface area contributed by atoms with E-state index in [-0.39, 0.29) is 11.4 Å². The molecule has 1 heterocycles. The van der Waals surface area contributed by atoms with Crippen LogP contribution in [-0.2, 0) is 4.79 Å². The standard InChI is InChI=1S/C10H11BFNO3/c12-9-6-7(3-4-8(9)11(15)16)13-5-1-2-10(13)14/h3-4,6,15-16H,1-2,5H2. The summed E-state index contributed by atoms with van der Waals surface area (Å²) in [6.45, 7) is 0.583. The predicted molar refractivity (Wildman–Crippen MR) is 57.8 cm³/mol. The summed E-state index contributed by atoms with van der Waals surface area (Å²) in [5.74, 6) is -0.746. The Hall–Kier alpha value is -1.40. The first-order valence-corrected chi connectivity index (χ1v) is 5.05. The third-order valence-corrected chi connectivity index (χ3v) is 2.65. The van der Waals surface area contributed by atoms with Gasteiger partial charge in [0.1, 0.15) is 5.82 Å². The van der Waals surface area contributed by atoms with Gasteiger partial charge in [0.15, 0.2) is 0 Å². The van der Waals surface area contributed by atoms with Crippen molar-refractivity contribution in [2.45, 2.75) is 12.8 Å². The lowest BCUT2D eigenvalue weighted by Gasteiger charge is -2.16. The number of amides is 1. The van der Waals surface area contributed by atoms with E-state index in [4.69, 9.17) is 10.0 Å². The van der Waals surface area contributed by atoms with Crippen molar-refractivity contribution in [1.29, 1.82) is 0 Å². The van der Waals surface area contributed by atoms with Crippen LogP contribution in [0, 0.1) is 5.82 Å². The van der Waals surface area contributed by atoms with Gasteiger partial charge in [0.2, 0.25) is 5.91 Å². The Kier molecular flexibility index (Phi) is 2.94. The van der Waals surface area contributed by atoms with Crippen molar-refractivity contribution in [2.24, 2.45) is 0 Å². The Balaban J connectivity index is 2.30. The number of carbonyl (C=O) groups excluding carboxylic acids is 1. The van der Waals surface area contributed by atoms with Crippen LogP contribution < -0.4 is 10.4 Å². The van der Waals surface area contributed by atoms with Gasteiger partial charge in [-0.1, -0.05) is 6.07 Å². The summed E-state index contributed by atoms with van der Waals surface area (Å²) in [6, 6.07) is 3.94. The van der Waals surface area contributed by atoms with Gasteiger partial charge in [0, 0.05) is 24.1 Å². The monoisotopic (exact) mass is 223 g/mol. The van der Waals surface area contributed by atoms with Crippen LogP contribution in [0.4, 0.5) is 10.1 Å². The molecular weight excluding hydrogens is 212 g/mol. The molecule has 4 nitrogen and oxygen atoms in total. The van der Waals surface area contributed by atoms with E-state index in [1.165, 1.54) is 17.0 Å².